The Labute approximate surface area is 147 Å². The number of hydrogen-bond acceptors (Lipinski definition) is 4. The maximum absolute atomic E-state index is 4.87. The molecule has 2 aromatic rings. The van der Waals surface area contributed by atoms with Crippen molar-refractivity contribution in [1.29, 1.82) is 0 Å². The topological polar surface area (TPSA) is 53.7 Å². The highest BCUT2D eigenvalue weighted by molar-refractivity contribution is 7.99. The molecular weight excluding hydrogens is 320 g/mol. The summed E-state index contributed by atoms with van der Waals surface area (Å²) in [6, 6.07) is 12.5. The molecule has 1 aliphatic heterocycles. The second-order valence-electron chi connectivity index (χ2n) is 5.89. The average molecular weight is 344 g/mol. The Kier molecular flexibility index (Phi) is 6.18. The van der Waals surface area contributed by atoms with Gasteiger partial charge in [0, 0.05) is 36.3 Å². The number of hydrogen-bond donors (Lipinski definition) is 1. The van der Waals surface area contributed by atoms with Crippen molar-refractivity contribution in [2.75, 3.05) is 25.4 Å². The van der Waals surface area contributed by atoms with E-state index in [1.54, 1.807) is 6.26 Å². The van der Waals surface area contributed by atoms with E-state index in [4.69, 9.17) is 9.52 Å². The van der Waals surface area contributed by atoms with Crippen LogP contribution in [0.4, 0.5) is 0 Å². The molecule has 0 saturated carbocycles. The van der Waals surface area contributed by atoms with Gasteiger partial charge in [-0.3, -0.25) is 0 Å². The molecule has 0 spiro atoms. The van der Waals surface area contributed by atoms with Crippen LogP contribution in [0.25, 0.3) is 0 Å². The first-order valence-electron chi connectivity index (χ1n) is 8.45. The molecule has 1 fully saturated rings. The number of nitrogens with zero attached hydrogens (tertiary/aromatic N) is 3. The van der Waals surface area contributed by atoms with Crippen LogP contribution in [-0.4, -0.2) is 41.4 Å². The SMILES string of the molecule is CCNC(=NCc1ccon1)N1CCC(CSc2ccccc2)C1. The molecule has 3 rings (SSSR count). The predicted molar refractivity (Wildman–Crippen MR) is 98.2 cm³/mol. The fourth-order valence-electron chi connectivity index (χ4n) is 2.79. The maximum atomic E-state index is 4.87. The molecule has 5 nitrogen and oxygen atoms in total. The fourth-order valence-corrected chi connectivity index (χ4v) is 3.84. The summed E-state index contributed by atoms with van der Waals surface area (Å²) in [7, 11) is 0. The molecule has 128 valence electrons. The molecule has 1 unspecified atom stereocenters. The number of thioether (sulfide) groups is 1. The fraction of sp³-hybridized carbons (Fsp3) is 0.444. The van der Waals surface area contributed by atoms with Crippen LogP contribution >= 0.6 is 11.8 Å². The molecule has 1 aliphatic rings. The third kappa shape index (κ3) is 4.77. The van der Waals surface area contributed by atoms with Gasteiger partial charge in [0.1, 0.15) is 12.0 Å². The van der Waals surface area contributed by atoms with Crippen molar-refractivity contribution in [3.8, 4) is 0 Å². The number of benzene rings is 1. The van der Waals surface area contributed by atoms with Crippen LogP contribution in [0, 0.1) is 5.92 Å². The van der Waals surface area contributed by atoms with E-state index < -0.39 is 0 Å². The van der Waals surface area contributed by atoms with E-state index in [-0.39, 0.29) is 0 Å². The van der Waals surface area contributed by atoms with Crippen LogP contribution in [0.3, 0.4) is 0 Å². The Hall–Kier alpha value is -1.95. The van der Waals surface area contributed by atoms with E-state index in [0.717, 1.165) is 37.0 Å². The van der Waals surface area contributed by atoms with Gasteiger partial charge in [-0.1, -0.05) is 23.4 Å². The van der Waals surface area contributed by atoms with Gasteiger partial charge >= 0.3 is 0 Å². The standard InChI is InChI=1S/C18H24N4OS/c1-2-19-18(20-12-16-9-11-23-21-16)22-10-8-15(13-22)14-24-17-6-4-3-5-7-17/h3-7,9,11,15H,2,8,10,12-14H2,1H3,(H,19,20). The number of aromatic nitrogens is 1. The first-order chi connectivity index (χ1) is 11.8. The molecule has 0 bridgehead atoms. The average Bonchev–Trinajstić information content (AvgIpc) is 3.29. The largest absolute Gasteiger partial charge is 0.364 e. The number of guanidine groups is 1. The van der Waals surface area contributed by atoms with E-state index in [9.17, 15) is 0 Å². The Bertz CT molecular complexity index is 630. The van der Waals surface area contributed by atoms with Gasteiger partial charge in [0.2, 0.25) is 0 Å². The summed E-state index contributed by atoms with van der Waals surface area (Å²) < 4.78 is 4.87. The second kappa shape index (κ2) is 8.78. The van der Waals surface area contributed by atoms with Crippen molar-refractivity contribution >= 4 is 17.7 Å². The minimum Gasteiger partial charge on any atom is -0.364 e. The third-order valence-corrected chi connectivity index (χ3v) is 5.27. The lowest BCUT2D eigenvalue weighted by Gasteiger charge is -2.21. The molecule has 1 N–H and O–H groups in total. The Morgan fingerprint density at radius 2 is 2.25 bits per heavy atom. The normalized spacial score (nSPS) is 18.1. The van der Waals surface area contributed by atoms with Gasteiger partial charge in [-0.25, -0.2) is 4.99 Å². The monoisotopic (exact) mass is 344 g/mol. The first kappa shape index (κ1) is 16.9. The zero-order valence-electron chi connectivity index (χ0n) is 14.0. The van der Waals surface area contributed by atoms with Crippen LogP contribution in [0.2, 0.25) is 0 Å². The molecular formula is C18H24N4OS. The second-order valence-corrected chi connectivity index (χ2v) is 6.98. The van der Waals surface area contributed by atoms with E-state index in [1.165, 1.54) is 11.3 Å². The molecule has 1 saturated heterocycles. The van der Waals surface area contributed by atoms with Gasteiger partial charge in [-0.05, 0) is 31.4 Å². The van der Waals surface area contributed by atoms with Crippen molar-refractivity contribution in [3.05, 3.63) is 48.4 Å². The highest BCUT2D eigenvalue weighted by atomic mass is 32.2. The highest BCUT2D eigenvalue weighted by Gasteiger charge is 2.24. The minimum atomic E-state index is 0.554. The Morgan fingerprint density at radius 1 is 1.38 bits per heavy atom. The van der Waals surface area contributed by atoms with Crippen molar-refractivity contribution in [2.45, 2.75) is 24.8 Å². The summed E-state index contributed by atoms with van der Waals surface area (Å²) in [5.74, 6) is 2.84. The van der Waals surface area contributed by atoms with Gasteiger partial charge in [0.15, 0.2) is 5.96 Å². The molecule has 2 heterocycles. The van der Waals surface area contributed by atoms with Crippen LogP contribution in [0.1, 0.15) is 19.0 Å². The molecule has 1 atom stereocenters. The quantitative estimate of drug-likeness (QED) is 0.495. The number of aliphatic imine (C=N–C) groups is 1. The predicted octanol–water partition coefficient (Wildman–Crippen LogP) is 3.25. The molecule has 24 heavy (non-hydrogen) atoms. The minimum absolute atomic E-state index is 0.554. The summed E-state index contributed by atoms with van der Waals surface area (Å²) in [6.07, 6.45) is 2.80. The summed E-state index contributed by atoms with van der Waals surface area (Å²) in [5, 5.41) is 7.31. The van der Waals surface area contributed by atoms with Crippen molar-refractivity contribution in [1.82, 2.24) is 15.4 Å². The van der Waals surface area contributed by atoms with E-state index >= 15 is 0 Å². The summed E-state index contributed by atoms with van der Waals surface area (Å²) in [6.45, 7) is 5.65. The maximum Gasteiger partial charge on any atom is 0.194 e. The Balaban J connectivity index is 1.52. The Morgan fingerprint density at radius 3 is 3.00 bits per heavy atom. The van der Waals surface area contributed by atoms with Crippen LogP contribution in [0.5, 0.6) is 0 Å². The van der Waals surface area contributed by atoms with Gasteiger partial charge in [0.25, 0.3) is 0 Å². The summed E-state index contributed by atoms with van der Waals surface area (Å²) >= 11 is 1.95. The van der Waals surface area contributed by atoms with Crippen molar-refractivity contribution in [2.24, 2.45) is 10.9 Å². The zero-order chi connectivity index (χ0) is 16.6. The molecule has 1 aromatic heterocycles. The lowest BCUT2D eigenvalue weighted by Crippen LogP contribution is -2.40. The number of likely N-dealkylation sites (tertiary alicyclic amines) is 1. The van der Waals surface area contributed by atoms with Crippen LogP contribution in [-0.2, 0) is 6.54 Å². The van der Waals surface area contributed by atoms with E-state index in [2.05, 4.69) is 52.6 Å². The molecule has 1 aromatic carbocycles. The van der Waals surface area contributed by atoms with Crippen molar-refractivity contribution < 1.29 is 4.52 Å². The first-order valence-corrected chi connectivity index (χ1v) is 9.44. The third-order valence-electron chi connectivity index (χ3n) is 4.03. The van der Waals surface area contributed by atoms with Gasteiger partial charge in [-0.2, -0.15) is 0 Å². The summed E-state index contributed by atoms with van der Waals surface area (Å²) in [5.41, 5.74) is 0.862. The summed E-state index contributed by atoms with van der Waals surface area (Å²) in [4.78, 5) is 8.40. The molecule has 0 aliphatic carbocycles. The zero-order valence-corrected chi connectivity index (χ0v) is 14.8. The smallest absolute Gasteiger partial charge is 0.194 e. The highest BCUT2D eigenvalue weighted by Crippen LogP contribution is 2.25. The van der Waals surface area contributed by atoms with Gasteiger partial charge in [-0.15, -0.1) is 11.8 Å². The number of rotatable bonds is 6. The van der Waals surface area contributed by atoms with Gasteiger partial charge in [0.05, 0.1) is 6.54 Å². The van der Waals surface area contributed by atoms with Crippen molar-refractivity contribution in [3.63, 3.8) is 0 Å². The molecule has 0 radical (unpaired) electrons. The number of nitrogens with one attached hydrogen (secondary N) is 1. The molecule has 0 amide bonds. The van der Waals surface area contributed by atoms with Crippen LogP contribution in [0.15, 0.2) is 57.1 Å². The van der Waals surface area contributed by atoms with Crippen LogP contribution < -0.4 is 5.32 Å². The molecule has 6 heteroatoms. The van der Waals surface area contributed by atoms with E-state index in [0.29, 0.717) is 12.5 Å². The lowest BCUT2D eigenvalue weighted by molar-refractivity contribution is 0.411. The van der Waals surface area contributed by atoms with Gasteiger partial charge < -0.3 is 14.7 Å². The lowest BCUT2D eigenvalue weighted by atomic mass is 10.2. The van der Waals surface area contributed by atoms with E-state index in [1.807, 2.05) is 17.8 Å².